The van der Waals surface area contributed by atoms with Crippen molar-refractivity contribution in [2.24, 2.45) is 0 Å². The molecule has 0 N–H and O–H groups in total. The van der Waals surface area contributed by atoms with E-state index < -0.39 is 0 Å². The van der Waals surface area contributed by atoms with Gasteiger partial charge in [0.2, 0.25) is 0 Å². The molecule has 1 heterocycles. The average molecular weight is 213 g/mol. The van der Waals surface area contributed by atoms with Gasteiger partial charge in [0.15, 0.2) is 0 Å². The van der Waals surface area contributed by atoms with Crippen molar-refractivity contribution in [3.63, 3.8) is 0 Å². The van der Waals surface area contributed by atoms with Crippen LogP contribution in [0.2, 0.25) is 0 Å². The third-order valence-electron chi connectivity index (χ3n) is 1.14. The van der Waals surface area contributed by atoms with Crippen LogP contribution in [0.5, 0.6) is 0 Å². The number of pyridine rings is 1. The summed E-state index contributed by atoms with van der Waals surface area (Å²) in [6.07, 6.45) is 1.71. The maximum atomic E-state index is 5.80. The first kappa shape index (κ1) is 11.0. The van der Waals surface area contributed by atoms with Crippen molar-refractivity contribution >= 4 is 35.6 Å². The van der Waals surface area contributed by atoms with E-state index in [4.69, 9.17) is 23.2 Å². The molecule has 0 radical (unpaired) electrons. The van der Waals surface area contributed by atoms with E-state index in [1.165, 1.54) is 0 Å². The molecule has 0 saturated heterocycles. The van der Waals surface area contributed by atoms with Gasteiger partial charge in [-0.25, -0.2) is 0 Å². The highest BCUT2D eigenvalue weighted by atomic mass is 35.5. The van der Waals surface area contributed by atoms with Crippen LogP contribution in [0.25, 0.3) is 0 Å². The Balaban J connectivity index is 0.000001000. The number of rotatable bonds is 2. The minimum absolute atomic E-state index is 0. The minimum atomic E-state index is -0.164. The van der Waals surface area contributed by atoms with Crippen LogP contribution >= 0.6 is 35.6 Å². The van der Waals surface area contributed by atoms with E-state index in [1.54, 1.807) is 6.20 Å². The summed E-state index contributed by atoms with van der Waals surface area (Å²) < 4.78 is 0. The maximum absolute atomic E-state index is 5.80. The molecule has 1 atom stereocenters. The molecular weight excluding hydrogens is 204 g/mol. The zero-order valence-electron chi connectivity index (χ0n) is 5.71. The molecule has 1 aromatic heterocycles. The van der Waals surface area contributed by atoms with Crippen LogP contribution in [-0.2, 0) is 0 Å². The summed E-state index contributed by atoms with van der Waals surface area (Å²) in [6.45, 7) is 0. The maximum Gasteiger partial charge on any atom is 0.0892 e. The van der Waals surface area contributed by atoms with E-state index in [9.17, 15) is 0 Å². The monoisotopic (exact) mass is 211 g/mol. The molecule has 1 rings (SSSR count). The number of alkyl halides is 2. The molecule has 1 nitrogen and oxygen atoms in total. The smallest absolute Gasteiger partial charge is 0.0892 e. The first-order valence-electron chi connectivity index (χ1n) is 2.95. The van der Waals surface area contributed by atoms with Crippen LogP contribution in [0.3, 0.4) is 0 Å². The molecule has 0 bridgehead atoms. The lowest BCUT2D eigenvalue weighted by Crippen LogP contribution is -1.93. The normalized spacial score (nSPS) is 11.8. The average Bonchev–Trinajstić information content (AvgIpc) is 2.05. The zero-order valence-corrected chi connectivity index (χ0v) is 8.03. The fourth-order valence-electron chi connectivity index (χ4n) is 0.640. The van der Waals surface area contributed by atoms with Crippen LogP contribution in [0.1, 0.15) is 11.1 Å². The van der Waals surface area contributed by atoms with Gasteiger partial charge in [0.05, 0.1) is 11.1 Å². The van der Waals surface area contributed by atoms with Gasteiger partial charge < -0.3 is 0 Å². The van der Waals surface area contributed by atoms with Crippen molar-refractivity contribution in [2.75, 3.05) is 5.88 Å². The summed E-state index contributed by atoms with van der Waals surface area (Å²) in [4.78, 5) is 4.03. The van der Waals surface area contributed by atoms with Crippen molar-refractivity contribution in [3.8, 4) is 0 Å². The Morgan fingerprint density at radius 1 is 1.45 bits per heavy atom. The van der Waals surface area contributed by atoms with Gasteiger partial charge in [-0.1, -0.05) is 6.07 Å². The molecule has 4 heteroatoms. The van der Waals surface area contributed by atoms with Gasteiger partial charge in [-0.2, -0.15) is 0 Å². The second kappa shape index (κ2) is 5.64. The largest absolute Gasteiger partial charge is 0.260 e. The van der Waals surface area contributed by atoms with E-state index in [0.717, 1.165) is 5.69 Å². The fourth-order valence-corrected chi connectivity index (χ4v) is 0.927. The standard InChI is InChI=1S/C7H7Cl2N.ClH/c8-5-6(9)7-3-1-2-4-10-7;/h1-4,6H,5H2;1H. The molecule has 0 amide bonds. The molecule has 0 saturated carbocycles. The van der Waals surface area contributed by atoms with Crippen molar-refractivity contribution in [1.82, 2.24) is 4.98 Å². The van der Waals surface area contributed by atoms with Crippen LogP contribution in [-0.4, -0.2) is 10.9 Å². The summed E-state index contributed by atoms with van der Waals surface area (Å²) in [7, 11) is 0. The van der Waals surface area contributed by atoms with Gasteiger partial charge in [-0.05, 0) is 12.1 Å². The molecule has 1 unspecified atom stereocenters. The third kappa shape index (κ3) is 3.28. The predicted molar refractivity (Wildman–Crippen MR) is 50.8 cm³/mol. The summed E-state index contributed by atoms with van der Waals surface area (Å²) in [5, 5.41) is -0.164. The number of hydrogen-bond donors (Lipinski definition) is 0. The van der Waals surface area contributed by atoms with E-state index in [2.05, 4.69) is 4.98 Å². The SMILES string of the molecule is Cl.ClCC(Cl)c1ccccn1. The lowest BCUT2D eigenvalue weighted by atomic mass is 10.3. The Morgan fingerprint density at radius 3 is 2.64 bits per heavy atom. The van der Waals surface area contributed by atoms with Crippen LogP contribution in [0.15, 0.2) is 24.4 Å². The summed E-state index contributed by atoms with van der Waals surface area (Å²) in [5.41, 5.74) is 0.833. The number of halogens is 3. The van der Waals surface area contributed by atoms with Crippen molar-refractivity contribution in [1.29, 1.82) is 0 Å². The molecule has 1 aromatic rings. The highest BCUT2D eigenvalue weighted by Gasteiger charge is 2.04. The molecule has 0 aliphatic rings. The molecule has 0 aliphatic carbocycles. The van der Waals surface area contributed by atoms with Gasteiger partial charge in [0.25, 0.3) is 0 Å². The highest BCUT2D eigenvalue weighted by molar-refractivity contribution is 6.27. The Labute approximate surface area is 82.1 Å². The number of nitrogens with zero attached hydrogens (tertiary/aromatic N) is 1. The summed E-state index contributed by atoms with van der Waals surface area (Å²) in [5.74, 6) is 0.401. The Kier molecular flexibility index (Phi) is 5.65. The third-order valence-corrected chi connectivity index (χ3v) is 1.99. The lowest BCUT2D eigenvalue weighted by molar-refractivity contribution is 1.00. The van der Waals surface area contributed by atoms with Crippen molar-refractivity contribution in [2.45, 2.75) is 5.38 Å². The molecule has 0 aromatic carbocycles. The first-order valence-corrected chi connectivity index (χ1v) is 3.92. The summed E-state index contributed by atoms with van der Waals surface area (Å²) >= 11 is 11.3. The molecule has 62 valence electrons. The van der Waals surface area contributed by atoms with Gasteiger partial charge in [0.1, 0.15) is 0 Å². The van der Waals surface area contributed by atoms with Crippen LogP contribution in [0, 0.1) is 0 Å². The molecule has 11 heavy (non-hydrogen) atoms. The molecule has 0 spiro atoms. The Bertz CT molecular complexity index is 190. The van der Waals surface area contributed by atoms with Gasteiger partial charge in [0, 0.05) is 12.1 Å². The zero-order chi connectivity index (χ0) is 7.40. The van der Waals surface area contributed by atoms with Crippen LogP contribution < -0.4 is 0 Å². The minimum Gasteiger partial charge on any atom is -0.260 e. The van der Waals surface area contributed by atoms with Crippen molar-refractivity contribution in [3.05, 3.63) is 30.1 Å². The van der Waals surface area contributed by atoms with E-state index >= 15 is 0 Å². The van der Waals surface area contributed by atoms with Crippen molar-refractivity contribution < 1.29 is 0 Å². The Hall–Kier alpha value is 0.0200. The topological polar surface area (TPSA) is 12.9 Å². The van der Waals surface area contributed by atoms with Gasteiger partial charge >= 0.3 is 0 Å². The van der Waals surface area contributed by atoms with E-state index in [0.29, 0.717) is 5.88 Å². The van der Waals surface area contributed by atoms with Gasteiger partial charge in [-0.3, -0.25) is 4.98 Å². The summed E-state index contributed by atoms with van der Waals surface area (Å²) in [6, 6.07) is 5.60. The number of aromatic nitrogens is 1. The second-order valence-electron chi connectivity index (χ2n) is 1.88. The molecular formula is C7H8Cl3N. The second-order valence-corrected chi connectivity index (χ2v) is 2.71. The highest BCUT2D eigenvalue weighted by Crippen LogP contribution is 2.18. The number of hydrogen-bond acceptors (Lipinski definition) is 1. The van der Waals surface area contributed by atoms with E-state index in [1.807, 2.05) is 18.2 Å². The van der Waals surface area contributed by atoms with E-state index in [-0.39, 0.29) is 17.8 Å². The first-order chi connectivity index (χ1) is 4.84. The lowest BCUT2D eigenvalue weighted by Gasteiger charge is -2.01. The quantitative estimate of drug-likeness (QED) is 0.687. The predicted octanol–water partition coefficient (Wildman–Crippen LogP) is 3.02. The molecule has 0 fully saturated rings. The van der Waals surface area contributed by atoms with Crippen LogP contribution in [0.4, 0.5) is 0 Å². The van der Waals surface area contributed by atoms with Gasteiger partial charge in [-0.15, -0.1) is 35.6 Å². The fraction of sp³-hybridized carbons (Fsp3) is 0.286. The Morgan fingerprint density at radius 2 is 2.18 bits per heavy atom. The molecule has 0 aliphatic heterocycles.